The van der Waals surface area contributed by atoms with Gasteiger partial charge in [-0.25, -0.2) is 8.42 Å². The molecule has 1 fully saturated rings. The van der Waals surface area contributed by atoms with Crippen LogP contribution in [0.3, 0.4) is 0 Å². The normalized spacial score (nSPS) is 17.8. The average molecular weight is 293 g/mol. The molecule has 5 nitrogen and oxygen atoms in total. The van der Waals surface area contributed by atoms with Gasteiger partial charge in [-0.05, 0) is 50.6 Å². The molecule has 0 bridgehead atoms. The standard InChI is InChI=1S/C14H19N3O2S/c1-16-11-12-5-7-17(8-6-12)20(18,19)14-4-2-3-13(9-14)10-15/h2-4,9,12,16H,5-8,11H2,1H3. The zero-order valence-electron chi connectivity index (χ0n) is 11.5. The van der Waals surface area contributed by atoms with E-state index in [2.05, 4.69) is 5.32 Å². The van der Waals surface area contributed by atoms with E-state index in [0.717, 1.165) is 19.4 Å². The van der Waals surface area contributed by atoms with E-state index in [-0.39, 0.29) is 4.90 Å². The summed E-state index contributed by atoms with van der Waals surface area (Å²) >= 11 is 0. The highest BCUT2D eigenvalue weighted by Crippen LogP contribution is 2.23. The van der Waals surface area contributed by atoms with Crippen molar-refractivity contribution >= 4 is 10.0 Å². The Balaban J connectivity index is 2.13. The number of sulfonamides is 1. The molecule has 1 aliphatic rings. The SMILES string of the molecule is CNCC1CCN(S(=O)(=O)c2cccc(C#N)c2)CC1. The van der Waals surface area contributed by atoms with Gasteiger partial charge in [0.2, 0.25) is 10.0 Å². The lowest BCUT2D eigenvalue weighted by molar-refractivity contribution is 0.270. The summed E-state index contributed by atoms with van der Waals surface area (Å²) in [4.78, 5) is 0.212. The van der Waals surface area contributed by atoms with Gasteiger partial charge in [-0.15, -0.1) is 0 Å². The van der Waals surface area contributed by atoms with E-state index in [4.69, 9.17) is 5.26 Å². The van der Waals surface area contributed by atoms with E-state index < -0.39 is 10.0 Å². The van der Waals surface area contributed by atoms with Gasteiger partial charge in [0.1, 0.15) is 0 Å². The van der Waals surface area contributed by atoms with Gasteiger partial charge < -0.3 is 5.32 Å². The number of rotatable bonds is 4. The molecule has 1 aliphatic heterocycles. The van der Waals surface area contributed by atoms with Gasteiger partial charge in [-0.2, -0.15) is 9.57 Å². The molecule has 1 heterocycles. The quantitative estimate of drug-likeness (QED) is 0.904. The molecule has 0 saturated carbocycles. The maximum absolute atomic E-state index is 12.5. The predicted molar refractivity (Wildman–Crippen MR) is 76.6 cm³/mol. The fraction of sp³-hybridized carbons (Fsp3) is 0.500. The van der Waals surface area contributed by atoms with Crippen LogP contribution in [0, 0.1) is 17.2 Å². The molecule has 6 heteroatoms. The first kappa shape index (κ1) is 15.0. The summed E-state index contributed by atoms with van der Waals surface area (Å²) in [5.74, 6) is 0.539. The third-order valence-corrected chi connectivity index (χ3v) is 5.56. The number of nitrogens with one attached hydrogen (secondary N) is 1. The molecular formula is C14H19N3O2S. The van der Waals surface area contributed by atoms with E-state index in [9.17, 15) is 8.42 Å². The monoisotopic (exact) mass is 293 g/mol. The summed E-state index contributed by atoms with van der Waals surface area (Å²) in [5, 5.41) is 12.0. The van der Waals surface area contributed by atoms with Crippen LogP contribution in [0.5, 0.6) is 0 Å². The third-order valence-electron chi connectivity index (χ3n) is 3.67. The lowest BCUT2D eigenvalue weighted by atomic mass is 9.98. The van der Waals surface area contributed by atoms with Crippen molar-refractivity contribution in [3.63, 3.8) is 0 Å². The molecule has 2 rings (SSSR count). The van der Waals surface area contributed by atoms with Gasteiger partial charge in [0.25, 0.3) is 0 Å². The molecule has 1 aromatic carbocycles. The zero-order chi connectivity index (χ0) is 14.6. The van der Waals surface area contributed by atoms with Gasteiger partial charge in [-0.1, -0.05) is 6.07 Å². The fourth-order valence-electron chi connectivity index (χ4n) is 2.52. The smallest absolute Gasteiger partial charge is 0.243 e. The van der Waals surface area contributed by atoms with E-state index in [0.29, 0.717) is 24.6 Å². The summed E-state index contributed by atoms with van der Waals surface area (Å²) in [6.07, 6.45) is 1.75. The third kappa shape index (κ3) is 3.18. The van der Waals surface area contributed by atoms with Crippen LogP contribution in [0.25, 0.3) is 0 Å². The highest BCUT2D eigenvalue weighted by atomic mass is 32.2. The second-order valence-electron chi connectivity index (χ2n) is 5.04. The minimum atomic E-state index is -3.47. The predicted octanol–water partition coefficient (Wildman–Crippen LogP) is 1.18. The number of nitrogens with zero attached hydrogens (tertiary/aromatic N) is 2. The Morgan fingerprint density at radius 2 is 2.10 bits per heavy atom. The lowest BCUT2D eigenvalue weighted by Crippen LogP contribution is -2.40. The molecule has 20 heavy (non-hydrogen) atoms. The highest BCUT2D eigenvalue weighted by Gasteiger charge is 2.29. The van der Waals surface area contributed by atoms with Gasteiger partial charge in [0, 0.05) is 13.1 Å². The van der Waals surface area contributed by atoms with Crippen LogP contribution in [0.4, 0.5) is 0 Å². The largest absolute Gasteiger partial charge is 0.319 e. The number of nitriles is 1. The summed E-state index contributed by atoms with van der Waals surface area (Å²) in [6, 6.07) is 8.19. The average Bonchev–Trinajstić information content (AvgIpc) is 2.48. The van der Waals surface area contributed by atoms with Gasteiger partial charge in [0.15, 0.2) is 0 Å². The summed E-state index contributed by atoms with van der Waals surface area (Å²) in [5.41, 5.74) is 0.371. The molecule has 0 radical (unpaired) electrons. The van der Waals surface area contributed by atoms with Crippen LogP contribution in [-0.4, -0.2) is 39.4 Å². The Kier molecular flexibility index (Phi) is 4.76. The van der Waals surface area contributed by atoms with Crippen molar-refractivity contribution in [2.45, 2.75) is 17.7 Å². The molecule has 108 valence electrons. The summed E-state index contributed by atoms with van der Waals surface area (Å²) in [6.45, 7) is 2.02. The first-order valence-electron chi connectivity index (χ1n) is 6.73. The second kappa shape index (κ2) is 6.35. The molecule has 0 atom stereocenters. The van der Waals surface area contributed by atoms with Crippen LogP contribution in [0.2, 0.25) is 0 Å². The van der Waals surface area contributed by atoms with Crippen LogP contribution in [0.1, 0.15) is 18.4 Å². The fourth-order valence-corrected chi connectivity index (χ4v) is 4.03. The minimum Gasteiger partial charge on any atom is -0.319 e. The molecule has 0 aromatic heterocycles. The number of piperidine rings is 1. The second-order valence-corrected chi connectivity index (χ2v) is 6.98. The van der Waals surface area contributed by atoms with Gasteiger partial charge >= 0.3 is 0 Å². The minimum absolute atomic E-state index is 0.212. The topological polar surface area (TPSA) is 73.2 Å². The van der Waals surface area contributed by atoms with Crippen molar-refractivity contribution in [1.82, 2.24) is 9.62 Å². The van der Waals surface area contributed by atoms with Crippen molar-refractivity contribution in [3.8, 4) is 6.07 Å². The van der Waals surface area contributed by atoms with E-state index >= 15 is 0 Å². The first-order chi connectivity index (χ1) is 9.57. The summed E-state index contributed by atoms with van der Waals surface area (Å²) in [7, 11) is -1.56. The van der Waals surface area contributed by atoms with Crippen molar-refractivity contribution in [2.24, 2.45) is 5.92 Å². The number of hydrogen-bond donors (Lipinski definition) is 1. The molecule has 0 aliphatic carbocycles. The Hall–Kier alpha value is -1.42. The Morgan fingerprint density at radius 1 is 1.40 bits per heavy atom. The Labute approximate surface area is 120 Å². The van der Waals surface area contributed by atoms with Crippen molar-refractivity contribution in [3.05, 3.63) is 29.8 Å². The molecule has 1 aromatic rings. The van der Waals surface area contributed by atoms with Gasteiger partial charge in [-0.3, -0.25) is 0 Å². The molecule has 0 unspecified atom stereocenters. The summed E-state index contributed by atoms with van der Waals surface area (Å²) < 4.78 is 26.6. The first-order valence-corrected chi connectivity index (χ1v) is 8.17. The van der Waals surface area contributed by atoms with Crippen molar-refractivity contribution in [1.29, 1.82) is 5.26 Å². The lowest BCUT2D eigenvalue weighted by Gasteiger charge is -2.31. The Morgan fingerprint density at radius 3 is 2.70 bits per heavy atom. The highest BCUT2D eigenvalue weighted by molar-refractivity contribution is 7.89. The van der Waals surface area contributed by atoms with Crippen LogP contribution >= 0.6 is 0 Å². The number of benzene rings is 1. The van der Waals surface area contributed by atoms with Crippen LogP contribution in [-0.2, 0) is 10.0 Å². The van der Waals surface area contributed by atoms with Crippen molar-refractivity contribution in [2.75, 3.05) is 26.7 Å². The maximum atomic E-state index is 12.5. The molecular weight excluding hydrogens is 274 g/mol. The zero-order valence-corrected chi connectivity index (χ0v) is 12.4. The molecule has 0 amide bonds. The molecule has 0 spiro atoms. The Bertz CT molecular complexity index is 599. The maximum Gasteiger partial charge on any atom is 0.243 e. The van der Waals surface area contributed by atoms with Crippen molar-refractivity contribution < 1.29 is 8.42 Å². The van der Waals surface area contributed by atoms with E-state index in [1.807, 2.05) is 13.1 Å². The molecule has 1 saturated heterocycles. The molecule has 1 N–H and O–H groups in total. The van der Waals surface area contributed by atoms with E-state index in [1.165, 1.54) is 10.4 Å². The van der Waals surface area contributed by atoms with Crippen LogP contribution < -0.4 is 5.32 Å². The van der Waals surface area contributed by atoms with E-state index in [1.54, 1.807) is 18.2 Å². The number of hydrogen-bond acceptors (Lipinski definition) is 4. The van der Waals surface area contributed by atoms with Crippen LogP contribution in [0.15, 0.2) is 29.2 Å². The van der Waals surface area contributed by atoms with Gasteiger partial charge in [0.05, 0.1) is 16.5 Å².